The fourth-order valence-corrected chi connectivity index (χ4v) is 4.64. The number of amidine groups is 1. The van der Waals surface area contributed by atoms with Gasteiger partial charge in [0.2, 0.25) is 0 Å². The molecule has 0 atom stereocenters. The van der Waals surface area contributed by atoms with Gasteiger partial charge < -0.3 is 20.8 Å². The highest BCUT2D eigenvalue weighted by molar-refractivity contribution is 6.08. The molecule has 2 aliphatic rings. The van der Waals surface area contributed by atoms with E-state index in [1.165, 1.54) is 0 Å². The van der Waals surface area contributed by atoms with E-state index in [9.17, 15) is 22.8 Å². The Labute approximate surface area is 229 Å². The standard InChI is InChI=1S/C25H31N5O3.C2HF3O2/c26-24(27-25(33)20-4-2-1-3-5-20)19-6-8-21(9-7-19)29-14-16-30(17-15-29)22-10-12-28(13-11-22)18-23(31)32;3-2(4,5)1(6)7/h1-9,22H,10-18H2,(H,31,32)(H2,26,27,33);(H,6,7). The predicted octanol–water partition coefficient (Wildman–Crippen LogP) is 2.54. The number of carbonyl (C=O) groups is 3. The van der Waals surface area contributed by atoms with Crippen LogP contribution in [0.15, 0.2) is 59.6 Å². The average Bonchev–Trinajstić information content (AvgIpc) is 2.93. The van der Waals surface area contributed by atoms with Crippen molar-refractivity contribution in [3.05, 3.63) is 65.7 Å². The van der Waals surface area contributed by atoms with Crippen LogP contribution in [-0.4, -0.2) is 102 Å². The summed E-state index contributed by atoms with van der Waals surface area (Å²) in [4.78, 5) is 43.0. The highest BCUT2D eigenvalue weighted by Gasteiger charge is 2.38. The van der Waals surface area contributed by atoms with Crippen LogP contribution >= 0.6 is 0 Å². The van der Waals surface area contributed by atoms with E-state index < -0.39 is 18.1 Å². The molecule has 2 aliphatic heterocycles. The third kappa shape index (κ3) is 9.06. The van der Waals surface area contributed by atoms with E-state index >= 15 is 0 Å². The lowest BCUT2D eigenvalue weighted by Crippen LogP contribution is -2.53. The topological polar surface area (TPSA) is 140 Å². The van der Waals surface area contributed by atoms with E-state index in [0.717, 1.165) is 63.4 Å². The van der Waals surface area contributed by atoms with Crippen molar-refractivity contribution in [2.45, 2.75) is 25.1 Å². The lowest BCUT2D eigenvalue weighted by molar-refractivity contribution is -0.192. The van der Waals surface area contributed by atoms with Crippen LogP contribution in [-0.2, 0) is 9.59 Å². The highest BCUT2D eigenvalue weighted by Crippen LogP contribution is 2.22. The number of alkyl halides is 3. The molecule has 2 heterocycles. The van der Waals surface area contributed by atoms with E-state index in [0.29, 0.717) is 11.6 Å². The van der Waals surface area contributed by atoms with Gasteiger partial charge in [0.1, 0.15) is 5.84 Å². The van der Waals surface area contributed by atoms with Gasteiger partial charge in [-0.15, -0.1) is 0 Å². The number of aliphatic carboxylic acids is 2. The minimum Gasteiger partial charge on any atom is -0.480 e. The Morgan fingerprint density at radius 2 is 1.40 bits per heavy atom. The maximum atomic E-state index is 12.3. The van der Waals surface area contributed by atoms with Gasteiger partial charge in [-0.3, -0.25) is 19.4 Å². The number of likely N-dealkylation sites (tertiary alicyclic amines) is 1. The number of nitrogens with two attached hydrogens (primary N) is 1. The van der Waals surface area contributed by atoms with Crippen molar-refractivity contribution in [2.24, 2.45) is 10.7 Å². The van der Waals surface area contributed by atoms with Gasteiger partial charge >= 0.3 is 18.1 Å². The number of piperidine rings is 1. The molecular weight excluding hydrogens is 531 g/mol. The molecule has 2 fully saturated rings. The fraction of sp³-hybridized carbons (Fsp3) is 0.407. The molecule has 0 spiro atoms. The van der Waals surface area contributed by atoms with E-state index in [-0.39, 0.29) is 18.3 Å². The second-order valence-electron chi connectivity index (χ2n) is 9.44. The molecular formula is C27H32F3N5O5. The Morgan fingerprint density at radius 3 is 1.90 bits per heavy atom. The minimum absolute atomic E-state index is 0.145. The molecule has 2 saturated heterocycles. The molecule has 10 nitrogen and oxygen atoms in total. The Bertz CT molecular complexity index is 1180. The number of benzene rings is 2. The van der Waals surface area contributed by atoms with E-state index in [1.807, 2.05) is 35.2 Å². The summed E-state index contributed by atoms with van der Waals surface area (Å²) in [6, 6.07) is 17.3. The molecule has 4 N–H and O–H groups in total. The molecule has 2 aromatic rings. The monoisotopic (exact) mass is 563 g/mol. The summed E-state index contributed by atoms with van der Waals surface area (Å²) in [5.74, 6) is -3.63. The van der Waals surface area contributed by atoms with Crippen molar-refractivity contribution in [1.29, 1.82) is 0 Å². The number of carbonyl (C=O) groups excluding carboxylic acids is 1. The molecule has 0 saturated carbocycles. The van der Waals surface area contributed by atoms with Crippen molar-refractivity contribution in [1.82, 2.24) is 9.80 Å². The van der Waals surface area contributed by atoms with Crippen molar-refractivity contribution in [3.8, 4) is 0 Å². The van der Waals surface area contributed by atoms with Crippen molar-refractivity contribution < 1.29 is 37.8 Å². The third-order valence-corrected chi connectivity index (χ3v) is 6.76. The van der Waals surface area contributed by atoms with E-state index in [4.69, 9.17) is 20.7 Å². The van der Waals surface area contributed by atoms with Gasteiger partial charge in [-0.2, -0.15) is 18.2 Å². The summed E-state index contributed by atoms with van der Waals surface area (Å²) in [5.41, 5.74) is 8.46. The average molecular weight is 564 g/mol. The summed E-state index contributed by atoms with van der Waals surface area (Å²) in [6.07, 6.45) is -3.02. The molecule has 4 rings (SSSR count). The zero-order chi connectivity index (χ0) is 29.3. The zero-order valence-corrected chi connectivity index (χ0v) is 21.8. The van der Waals surface area contributed by atoms with Gasteiger partial charge in [-0.1, -0.05) is 18.2 Å². The second-order valence-corrected chi connectivity index (χ2v) is 9.44. The number of hydrogen-bond donors (Lipinski definition) is 3. The van der Waals surface area contributed by atoms with E-state index in [2.05, 4.69) is 14.8 Å². The van der Waals surface area contributed by atoms with Crippen LogP contribution in [0.2, 0.25) is 0 Å². The Kier molecular flexibility index (Phi) is 10.6. The Morgan fingerprint density at radius 1 is 0.850 bits per heavy atom. The van der Waals surface area contributed by atoms with Crippen LogP contribution in [0.25, 0.3) is 0 Å². The number of hydrogen-bond acceptors (Lipinski definition) is 6. The van der Waals surface area contributed by atoms with Crippen LogP contribution in [0.4, 0.5) is 18.9 Å². The molecule has 0 radical (unpaired) electrons. The number of amides is 1. The molecule has 216 valence electrons. The smallest absolute Gasteiger partial charge is 0.480 e. The molecule has 0 bridgehead atoms. The van der Waals surface area contributed by atoms with Crippen LogP contribution in [0.5, 0.6) is 0 Å². The van der Waals surface area contributed by atoms with Gasteiger partial charge in [0.15, 0.2) is 0 Å². The van der Waals surface area contributed by atoms with Crippen molar-refractivity contribution in [3.63, 3.8) is 0 Å². The number of halogens is 3. The van der Waals surface area contributed by atoms with Gasteiger partial charge in [0.25, 0.3) is 5.91 Å². The zero-order valence-electron chi connectivity index (χ0n) is 21.8. The number of carboxylic acids is 2. The molecule has 2 aromatic carbocycles. The summed E-state index contributed by atoms with van der Waals surface area (Å²) in [7, 11) is 0. The van der Waals surface area contributed by atoms with Crippen LogP contribution in [0.3, 0.4) is 0 Å². The first-order valence-electron chi connectivity index (χ1n) is 12.7. The van der Waals surface area contributed by atoms with Gasteiger partial charge in [-0.25, -0.2) is 4.79 Å². The summed E-state index contributed by atoms with van der Waals surface area (Å²) in [6.45, 7) is 5.76. The number of anilines is 1. The molecule has 0 aromatic heterocycles. The third-order valence-electron chi connectivity index (χ3n) is 6.76. The summed E-state index contributed by atoms with van der Waals surface area (Å²) < 4.78 is 31.7. The fourth-order valence-electron chi connectivity index (χ4n) is 4.64. The quantitative estimate of drug-likeness (QED) is 0.357. The molecule has 1 amide bonds. The van der Waals surface area contributed by atoms with Crippen LogP contribution in [0.1, 0.15) is 28.8 Å². The first-order chi connectivity index (χ1) is 18.9. The molecule has 13 heteroatoms. The highest BCUT2D eigenvalue weighted by atomic mass is 19.4. The van der Waals surface area contributed by atoms with Crippen molar-refractivity contribution >= 4 is 29.4 Å². The Balaban J connectivity index is 0.000000559. The number of piperazine rings is 1. The number of rotatable bonds is 6. The van der Waals surface area contributed by atoms with Gasteiger partial charge in [0, 0.05) is 62.1 Å². The molecule has 0 unspecified atom stereocenters. The normalized spacial score (nSPS) is 17.6. The maximum absolute atomic E-state index is 12.3. The van der Waals surface area contributed by atoms with Gasteiger partial charge in [-0.05, 0) is 49.2 Å². The maximum Gasteiger partial charge on any atom is 0.490 e. The first-order valence-corrected chi connectivity index (χ1v) is 12.7. The second kappa shape index (κ2) is 13.9. The Hall–Kier alpha value is -3.97. The van der Waals surface area contributed by atoms with Crippen molar-refractivity contribution in [2.75, 3.05) is 50.7 Å². The number of carboxylic acid groups (broad SMARTS) is 2. The SMILES string of the molecule is NC(=NC(=O)c1ccccc1)c1ccc(N2CCN(C3CCN(CC(=O)O)CC3)CC2)cc1.O=C(O)C(F)(F)F. The largest absolute Gasteiger partial charge is 0.490 e. The van der Waals surface area contributed by atoms with Crippen LogP contribution in [0, 0.1) is 0 Å². The summed E-state index contributed by atoms with van der Waals surface area (Å²) >= 11 is 0. The predicted molar refractivity (Wildman–Crippen MR) is 143 cm³/mol. The summed E-state index contributed by atoms with van der Waals surface area (Å²) in [5, 5.41) is 16.1. The minimum atomic E-state index is -5.08. The first kappa shape index (κ1) is 30.6. The molecule has 40 heavy (non-hydrogen) atoms. The lowest BCUT2D eigenvalue weighted by atomic mass is 10.0. The number of aliphatic imine (C=N–C) groups is 1. The van der Waals surface area contributed by atoms with E-state index in [1.54, 1.807) is 24.3 Å². The van der Waals surface area contributed by atoms with Crippen LogP contribution < -0.4 is 10.6 Å². The van der Waals surface area contributed by atoms with Gasteiger partial charge in [0.05, 0.1) is 6.54 Å². The molecule has 0 aliphatic carbocycles. The number of nitrogens with zero attached hydrogens (tertiary/aromatic N) is 4. The lowest BCUT2D eigenvalue weighted by Gasteiger charge is -2.43.